The number of ether oxygens (including phenoxy) is 1. The van der Waals surface area contributed by atoms with Crippen LogP contribution in [-0.4, -0.2) is 25.0 Å². The molecule has 2 aromatic rings. The number of esters is 1. The van der Waals surface area contributed by atoms with Crippen molar-refractivity contribution in [2.75, 3.05) is 7.11 Å². The van der Waals surface area contributed by atoms with E-state index >= 15 is 0 Å². The summed E-state index contributed by atoms with van der Waals surface area (Å²) in [6.07, 6.45) is 0.205. The van der Waals surface area contributed by atoms with E-state index in [9.17, 15) is 9.59 Å². The van der Waals surface area contributed by atoms with Crippen molar-refractivity contribution in [3.05, 3.63) is 60.2 Å². The molecule has 2 rings (SSSR count). The van der Waals surface area contributed by atoms with Crippen LogP contribution >= 0.6 is 0 Å². The molecule has 0 spiro atoms. The van der Waals surface area contributed by atoms with Crippen molar-refractivity contribution in [2.24, 2.45) is 5.92 Å². The number of methoxy groups -OCH3 is 1. The predicted octanol–water partition coefficient (Wildman–Crippen LogP) is 3.17. The van der Waals surface area contributed by atoms with Crippen molar-refractivity contribution >= 4 is 11.9 Å². The molecule has 2 aromatic carbocycles. The van der Waals surface area contributed by atoms with Gasteiger partial charge < -0.3 is 10.1 Å². The van der Waals surface area contributed by atoms with Crippen molar-refractivity contribution in [2.45, 2.75) is 19.4 Å². The number of hydrogen-bond acceptors (Lipinski definition) is 4. The number of carbonyl (C=O) groups is 2. The Morgan fingerprint density at radius 3 is 2.24 bits per heavy atom. The fourth-order valence-electron chi connectivity index (χ4n) is 2.45. The molecule has 5 nitrogen and oxygen atoms in total. The molecule has 0 aliphatic carbocycles. The summed E-state index contributed by atoms with van der Waals surface area (Å²) in [6.45, 7) is 1.69. The van der Waals surface area contributed by atoms with Gasteiger partial charge in [-0.25, -0.2) is 4.79 Å². The SMILES string of the molecule is COC(=O)[C@@H](C[C@H](C)C#N)NC(=O)c1ccc(-c2ccccc2)cc1. The largest absolute Gasteiger partial charge is 0.467 e. The Bertz CT molecular complexity index is 764. The average molecular weight is 336 g/mol. The molecule has 0 aliphatic heterocycles. The molecule has 1 amide bonds. The Labute approximate surface area is 147 Å². The maximum absolute atomic E-state index is 12.4. The van der Waals surface area contributed by atoms with Crippen LogP contribution in [0.5, 0.6) is 0 Å². The van der Waals surface area contributed by atoms with Gasteiger partial charge in [-0.15, -0.1) is 0 Å². The minimum atomic E-state index is -0.846. The smallest absolute Gasteiger partial charge is 0.328 e. The molecule has 0 aromatic heterocycles. The number of amides is 1. The zero-order valence-electron chi connectivity index (χ0n) is 14.2. The van der Waals surface area contributed by atoms with E-state index in [1.54, 1.807) is 19.1 Å². The summed E-state index contributed by atoms with van der Waals surface area (Å²) in [5.74, 6) is -1.30. The zero-order valence-corrected chi connectivity index (χ0v) is 14.2. The van der Waals surface area contributed by atoms with Gasteiger partial charge in [0.2, 0.25) is 0 Å². The van der Waals surface area contributed by atoms with Crippen LogP contribution in [0.4, 0.5) is 0 Å². The van der Waals surface area contributed by atoms with Gasteiger partial charge in [0.25, 0.3) is 5.91 Å². The van der Waals surface area contributed by atoms with Crippen LogP contribution in [0.2, 0.25) is 0 Å². The summed E-state index contributed by atoms with van der Waals surface area (Å²) in [4.78, 5) is 24.2. The molecule has 0 saturated carbocycles. The van der Waals surface area contributed by atoms with Crippen LogP contribution < -0.4 is 5.32 Å². The Morgan fingerprint density at radius 2 is 1.68 bits per heavy atom. The maximum atomic E-state index is 12.4. The minimum absolute atomic E-state index is 0.205. The first-order valence-corrected chi connectivity index (χ1v) is 7.99. The molecule has 1 N–H and O–H groups in total. The van der Waals surface area contributed by atoms with Crippen molar-refractivity contribution < 1.29 is 14.3 Å². The van der Waals surface area contributed by atoms with Gasteiger partial charge in [-0.1, -0.05) is 42.5 Å². The molecule has 2 atom stereocenters. The maximum Gasteiger partial charge on any atom is 0.328 e. The molecule has 0 heterocycles. The quantitative estimate of drug-likeness (QED) is 0.822. The van der Waals surface area contributed by atoms with Gasteiger partial charge in [0.05, 0.1) is 13.2 Å². The van der Waals surface area contributed by atoms with Gasteiger partial charge in [0, 0.05) is 11.5 Å². The molecule has 0 saturated heterocycles. The topological polar surface area (TPSA) is 79.2 Å². The van der Waals surface area contributed by atoms with Gasteiger partial charge >= 0.3 is 5.97 Å². The van der Waals surface area contributed by atoms with Crippen LogP contribution in [-0.2, 0) is 9.53 Å². The second-order valence-electron chi connectivity index (χ2n) is 5.76. The van der Waals surface area contributed by atoms with Crippen LogP contribution in [0.25, 0.3) is 11.1 Å². The van der Waals surface area contributed by atoms with Crippen LogP contribution in [0, 0.1) is 17.2 Å². The van der Waals surface area contributed by atoms with Gasteiger partial charge in [-0.3, -0.25) is 4.79 Å². The van der Waals surface area contributed by atoms with E-state index in [4.69, 9.17) is 10.00 Å². The van der Waals surface area contributed by atoms with Crippen LogP contribution in [0.1, 0.15) is 23.7 Å². The second kappa shape index (κ2) is 8.65. The van der Waals surface area contributed by atoms with Crippen molar-refractivity contribution in [3.63, 3.8) is 0 Å². The van der Waals surface area contributed by atoms with Crippen molar-refractivity contribution in [1.29, 1.82) is 5.26 Å². The third-order valence-electron chi connectivity index (χ3n) is 3.85. The third-order valence-corrected chi connectivity index (χ3v) is 3.85. The molecule has 0 bridgehead atoms. The summed E-state index contributed by atoms with van der Waals surface area (Å²) >= 11 is 0. The first-order chi connectivity index (χ1) is 12.0. The highest BCUT2D eigenvalue weighted by atomic mass is 16.5. The number of nitriles is 1. The van der Waals surface area contributed by atoms with Crippen LogP contribution in [0.3, 0.4) is 0 Å². The number of nitrogens with one attached hydrogen (secondary N) is 1. The van der Waals surface area contributed by atoms with E-state index in [-0.39, 0.29) is 18.2 Å². The molecular weight excluding hydrogens is 316 g/mol. The average Bonchev–Trinajstić information content (AvgIpc) is 2.67. The molecule has 0 radical (unpaired) electrons. The molecule has 0 unspecified atom stereocenters. The lowest BCUT2D eigenvalue weighted by Gasteiger charge is -2.17. The zero-order chi connectivity index (χ0) is 18.2. The second-order valence-corrected chi connectivity index (χ2v) is 5.76. The highest BCUT2D eigenvalue weighted by Crippen LogP contribution is 2.19. The van der Waals surface area contributed by atoms with E-state index in [2.05, 4.69) is 11.4 Å². The number of hydrogen-bond donors (Lipinski definition) is 1. The van der Waals surface area contributed by atoms with E-state index in [0.717, 1.165) is 11.1 Å². The lowest BCUT2D eigenvalue weighted by molar-refractivity contribution is -0.143. The first-order valence-electron chi connectivity index (χ1n) is 7.99. The summed E-state index contributed by atoms with van der Waals surface area (Å²) < 4.78 is 4.71. The number of rotatable bonds is 6. The highest BCUT2D eigenvalue weighted by Gasteiger charge is 2.24. The molecule has 0 aliphatic rings. The van der Waals surface area contributed by atoms with E-state index < -0.39 is 12.0 Å². The van der Waals surface area contributed by atoms with E-state index in [0.29, 0.717) is 5.56 Å². The molecule has 25 heavy (non-hydrogen) atoms. The monoisotopic (exact) mass is 336 g/mol. The molecule has 5 heteroatoms. The summed E-state index contributed by atoms with van der Waals surface area (Å²) in [6, 6.07) is 18.2. The fourth-order valence-corrected chi connectivity index (χ4v) is 2.45. The normalized spacial score (nSPS) is 12.5. The van der Waals surface area contributed by atoms with E-state index in [1.807, 2.05) is 42.5 Å². The van der Waals surface area contributed by atoms with Crippen molar-refractivity contribution in [3.8, 4) is 17.2 Å². The fraction of sp³-hybridized carbons (Fsp3) is 0.250. The van der Waals surface area contributed by atoms with Gasteiger partial charge in [-0.05, 0) is 36.6 Å². The summed E-state index contributed by atoms with van der Waals surface area (Å²) in [7, 11) is 1.26. The lowest BCUT2D eigenvalue weighted by Crippen LogP contribution is -2.42. The Balaban J connectivity index is 2.11. The van der Waals surface area contributed by atoms with Crippen molar-refractivity contribution in [1.82, 2.24) is 5.32 Å². The standard InChI is InChI=1S/C20H20N2O3/c1-14(13-21)12-18(20(24)25-2)22-19(23)17-10-8-16(9-11-17)15-6-4-3-5-7-15/h3-11,14,18H,12H2,1-2H3,(H,22,23)/t14-,18+/m0/s1. The minimum Gasteiger partial charge on any atom is -0.467 e. The van der Waals surface area contributed by atoms with E-state index in [1.165, 1.54) is 7.11 Å². The molecular formula is C20H20N2O3. The van der Waals surface area contributed by atoms with Crippen LogP contribution in [0.15, 0.2) is 54.6 Å². The molecule has 128 valence electrons. The van der Waals surface area contributed by atoms with Gasteiger partial charge in [0.1, 0.15) is 6.04 Å². The number of nitrogens with zero attached hydrogens (tertiary/aromatic N) is 1. The Morgan fingerprint density at radius 1 is 1.08 bits per heavy atom. The number of benzene rings is 2. The lowest BCUT2D eigenvalue weighted by atomic mass is 10.0. The highest BCUT2D eigenvalue weighted by molar-refractivity contribution is 5.97. The summed E-state index contributed by atoms with van der Waals surface area (Å²) in [5, 5.41) is 11.6. The summed E-state index contributed by atoms with van der Waals surface area (Å²) in [5.41, 5.74) is 2.50. The Kier molecular flexibility index (Phi) is 6.30. The van der Waals surface area contributed by atoms with Gasteiger partial charge in [0.15, 0.2) is 0 Å². The Hall–Kier alpha value is -3.13. The number of carbonyl (C=O) groups excluding carboxylic acids is 2. The molecule has 0 fully saturated rings. The third kappa shape index (κ3) is 4.92. The van der Waals surface area contributed by atoms with Gasteiger partial charge in [-0.2, -0.15) is 5.26 Å². The first kappa shape index (κ1) is 18.2. The predicted molar refractivity (Wildman–Crippen MR) is 94.5 cm³/mol.